The first-order valence-electron chi connectivity index (χ1n) is 11.6. The Bertz CT molecular complexity index is 1270. The largest absolute Gasteiger partial charge is 0.350 e. The number of carbonyl (C=O) groups is 2. The standard InChI is InChI=1S/C27H29N3O4S/c1-21-9-15-24(16-10-21)30(35(33,34)25-6-3-2-4-7-25)20-26(31)28-18-22-11-13-23(14-12-22)19-29-17-5-8-27(29)32/h2-4,6-7,9-16H,5,8,17-20H2,1H3,(H,28,31). The van der Waals surface area contributed by atoms with Crippen molar-refractivity contribution in [3.05, 3.63) is 95.6 Å². The lowest BCUT2D eigenvalue weighted by Gasteiger charge is -2.24. The van der Waals surface area contributed by atoms with Gasteiger partial charge in [0.1, 0.15) is 6.54 Å². The number of rotatable bonds is 9. The number of hydrogen-bond acceptors (Lipinski definition) is 4. The highest BCUT2D eigenvalue weighted by Gasteiger charge is 2.27. The zero-order valence-corrected chi connectivity index (χ0v) is 20.5. The highest BCUT2D eigenvalue weighted by Crippen LogP contribution is 2.24. The average molecular weight is 492 g/mol. The first-order valence-corrected chi connectivity index (χ1v) is 13.0. The Kier molecular flexibility index (Phi) is 7.51. The summed E-state index contributed by atoms with van der Waals surface area (Å²) in [5, 5.41) is 2.82. The molecule has 0 saturated carbocycles. The number of likely N-dealkylation sites (tertiary alicyclic amines) is 1. The van der Waals surface area contributed by atoms with Crippen LogP contribution in [-0.2, 0) is 32.7 Å². The van der Waals surface area contributed by atoms with Gasteiger partial charge in [0, 0.05) is 26.1 Å². The molecule has 1 N–H and O–H groups in total. The van der Waals surface area contributed by atoms with E-state index in [0.29, 0.717) is 18.7 Å². The van der Waals surface area contributed by atoms with Crippen LogP contribution in [0.5, 0.6) is 0 Å². The van der Waals surface area contributed by atoms with Crippen molar-refractivity contribution in [2.45, 2.75) is 37.8 Å². The summed E-state index contributed by atoms with van der Waals surface area (Å²) < 4.78 is 27.8. The molecule has 0 unspecified atom stereocenters. The molecule has 1 fully saturated rings. The molecule has 4 rings (SSSR count). The van der Waals surface area contributed by atoms with Gasteiger partial charge in [-0.1, -0.05) is 60.2 Å². The van der Waals surface area contributed by atoms with Gasteiger partial charge in [0.25, 0.3) is 10.0 Å². The van der Waals surface area contributed by atoms with E-state index in [1.807, 2.05) is 48.2 Å². The predicted molar refractivity (Wildman–Crippen MR) is 135 cm³/mol. The fourth-order valence-electron chi connectivity index (χ4n) is 3.99. The third-order valence-corrected chi connectivity index (χ3v) is 7.79. The lowest BCUT2D eigenvalue weighted by Crippen LogP contribution is -2.40. The molecule has 35 heavy (non-hydrogen) atoms. The summed E-state index contributed by atoms with van der Waals surface area (Å²) in [6, 6.07) is 22.9. The molecule has 1 heterocycles. The van der Waals surface area contributed by atoms with Crippen LogP contribution in [0.4, 0.5) is 5.69 Å². The Hall–Kier alpha value is -3.65. The van der Waals surface area contributed by atoms with Gasteiger partial charge in [-0.2, -0.15) is 0 Å². The van der Waals surface area contributed by atoms with Crippen molar-refractivity contribution in [2.24, 2.45) is 0 Å². The molecule has 2 amide bonds. The first-order chi connectivity index (χ1) is 16.8. The van der Waals surface area contributed by atoms with Crippen LogP contribution in [0.25, 0.3) is 0 Å². The quantitative estimate of drug-likeness (QED) is 0.495. The molecule has 3 aromatic carbocycles. The smallest absolute Gasteiger partial charge is 0.264 e. The van der Waals surface area contributed by atoms with Gasteiger partial charge < -0.3 is 10.2 Å². The van der Waals surface area contributed by atoms with Gasteiger partial charge in [0.15, 0.2) is 0 Å². The molecule has 1 aliphatic rings. The van der Waals surface area contributed by atoms with Crippen LogP contribution in [0.2, 0.25) is 0 Å². The Labute approximate surface area is 206 Å². The minimum Gasteiger partial charge on any atom is -0.350 e. The summed E-state index contributed by atoms with van der Waals surface area (Å²) in [5.41, 5.74) is 3.35. The van der Waals surface area contributed by atoms with E-state index in [-0.39, 0.29) is 23.9 Å². The molecule has 0 aliphatic carbocycles. The minimum absolute atomic E-state index is 0.125. The second kappa shape index (κ2) is 10.7. The minimum atomic E-state index is -3.93. The Morgan fingerprint density at radius 2 is 1.60 bits per heavy atom. The molecule has 1 aliphatic heterocycles. The summed E-state index contributed by atoms with van der Waals surface area (Å²) in [7, 11) is -3.93. The van der Waals surface area contributed by atoms with E-state index in [9.17, 15) is 18.0 Å². The van der Waals surface area contributed by atoms with Crippen molar-refractivity contribution < 1.29 is 18.0 Å². The van der Waals surface area contributed by atoms with Crippen LogP contribution in [0.1, 0.15) is 29.5 Å². The van der Waals surface area contributed by atoms with E-state index < -0.39 is 15.9 Å². The van der Waals surface area contributed by atoms with Crippen molar-refractivity contribution in [2.75, 3.05) is 17.4 Å². The number of amides is 2. The number of sulfonamides is 1. The van der Waals surface area contributed by atoms with Crippen molar-refractivity contribution >= 4 is 27.5 Å². The van der Waals surface area contributed by atoms with Crippen LogP contribution in [-0.4, -0.2) is 38.2 Å². The lowest BCUT2D eigenvalue weighted by atomic mass is 10.1. The number of hydrogen-bond donors (Lipinski definition) is 1. The van der Waals surface area contributed by atoms with E-state index in [4.69, 9.17) is 0 Å². The number of nitrogens with zero attached hydrogens (tertiary/aromatic N) is 2. The van der Waals surface area contributed by atoms with Crippen LogP contribution in [0, 0.1) is 6.92 Å². The fraction of sp³-hybridized carbons (Fsp3) is 0.259. The van der Waals surface area contributed by atoms with E-state index in [1.54, 1.807) is 30.3 Å². The molecule has 0 radical (unpaired) electrons. The molecule has 1 saturated heterocycles. The van der Waals surface area contributed by atoms with Crippen molar-refractivity contribution in [3.63, 3.8) is 0 Å². The van der Waals surface area contributed by atoms with Gasteiger partial charge in [-0.25, -0.2) is 8.42 Å². The molecule has 3 aromatic rings. The number of carbonyl (C=O) groups excluding carboxylic acids is 2. The number of nitrogens with one attached hydrogen (secondary N) is 1. The van der Waals surface area contributed by atoms with E-state index in [0.717, 1.165) is 34.0 Å². The molecule has 0 aromatic heterocycles. The molecule has 8 heteroatoms. The third kappa shape index (κ3) is 6.08. The molecule has 7 nitrogen and oxygen atoms in total. The number of aryl methyl sites for hydroxylation is 1. The first kappa shape index (κ1) is 24.5. The lowest BCUT2D eigenvalue weighted by molar-refractivity contribution is -0.128. The average Bonchev–Trinajstić information content (AvgIpc) is 3.27. The number of benzene rings is 3. The summed E-state index contributed by atoms with van der Waals surface area (Å²) in [6.45, 7) is 3.24. The summed E-state index contributed by atoms with van der Waals surface area (Å²) in [5.74, 6) is -0.221. The van der Waals surface area contributed by atoms with Gasteiger partial charge in [-0.05, 0) is 48.7 Å². The molecule has 0 spiro atoms. The molecule has 0 bridgehead atoms. The van der Waals surface area contributed by atoms with Crippen molar-refractivity contribution in [1.82, 2.24) is 10.2 Å². The van der Waals surface area contributed by atoms with Gasteiger partial charge in [-0.3, -0.25) is 13.9 Å². The maximum atomic E-state index is 13.3. The summed E-state index contributed by atoms with van der Waals surface area (Å²) in [4.78, 5) is 26.6. The molecule has 182 valence electrons. The predicted octanol–water partition coefficient (Wildman–Crippen LogP) is 3.63. The van der Waals surface area contributed by atoms with Crippen LogP contribution in [0.3, 0.4) is 0 Å². The van der Waals surface area contributed by atoms with E-state index >= 15 is 0 Å². The maximum absolute atomic E-state index is 13.3. The third-order valence-electron chi connectivity index (χ3n) is 6.00. The zero-order chi connectivity index (χ0) is 24.8. The Morgan fingerprint density at radius 1 is 0.943 bits per heavy atom. The normalized spacial score (nSPS) is 13.6. The van der Waals surface area contributed by atoms with Gasteiger partial charge >= 0.3 is 0 Å². The van der Waals surface area contributed by atoms with Crippen LogP contribution >= 0.6 is 0 Å². The van der Waals surface area contributed by atoms with Gasteiger partial charge in [-0.15, -0.1) is 0 Å². The van der Waals surface area contributed by atoms with Crippen LogP contribution in [0.15, 0.2) is 83.8 Å². The second-order valence-corrected chi connectivity index (χ2v) is 10.5. The Balaban J connectivity index is 1.42. The van der Waals surface area contributed by atoms with Gasteiger partial charge in [0.05, 0.1) is 10.6 Å². The van der Waals surface area contributed by atoms with Crippen LogP contribution < -0.4 is 9.62 Å². The summed E-state index contributed by atoms with van der Waals surface area (Å²) in [6.07, 6.45) is 1.52. The zero-order valence-electron chi connectivity index (χ0n) is 19.7. The van der Waals surface area contributed by atoms with Gasteiger partial charge in [0.2, 0.25) is 11.8 Å². The monoisotopic (exact) mass is 491 g/mol. The topological polar surface area (TPSA) is 86.8 Å². The Morgan fingerprint density at radius 3 is 2.23 bits per heavy atom. The van der Waals surface area contributed by atoms with Crippen molar-refractivity contribution in [1.29, 1.82) is 0 Å². The molecular weight excluding hydrogens is 462 g/mol. The summed E-state index contributed by atoms with van der Waals surface area (Å²) >= 11 is 0. The van der Waals surface area contributed by atoms with Crippen molar-refractivity contribution in [3.8, 4) is 0 Å². The molecule has 0 atom stereocenters. The number of anilines is 1. The van der Waals surface area contributed by atoms with E-state index in [1.165, 1.54) is 12.1 Å². The highest BCUT2D eigenvalue weighted by molar-refractivity contribution is 7.92. The van der Waals surface area contributed by atoms with E-state index in [2.05, 4.69) is 5.32 Å². The fourth-order valence-corrected chi connectivity index (χ4v) is 5.43. The second-order valence-electron chi connectivity index (χ2n) is 8.67. The molecular formula is C27H29N3O4S. The highest BCUT2D eigenvalue weighted by atomic mass is 32.2. The SMILES string of the molecule is Cc1ccc(N(CC(=O)NCc2ccc(CN3CCCC3=O)cc2)S(=O)(=O)c2ccccc2)cc1. The maximum Gasteiger partial charge on any atom is 0.264 e.